The third kappa shape index (κ3) is 3.63. The van der Waals surface area contributed by atoms with Crippen LogP contribution in [0.2, 0.25) is 0 Å². The monoisotopic (exact) mass is 250 g/mol. The molecular weight excluding hydrogens is 232 g/mol. The molecular formula is C13H18N2O3. The van der Waals surface area contributed by atoms with E-state index in [0.29, 0.717) is 11.4 Å². The average Bonchev–Trinajstić information content (AvgIpc) is 2.40. The van der Waals surface area contributed by atoms with E-state index in [4.69, 9.17) is 9.47 Å². The summed E-state index contributed by atoms with van der Waals surface area (Å²) in [5.41, 5.74) is 0.670. The molecule has 1 aliphatic rings. The molecule has 0 spiro atoms. The number of carbonyl (C=O) groups excluding carboxylic acids is 1. The van der Waals surface area contributed by atoms with Gasteiger partial charge in [0.25, 0.3) is 0 Å². The molecule has 1 fully saturated rings. The molecule has 1 atom stereocenters. The van der Waals surface area contributed by atoms with Gasteiger partial charge in [-0.15, -0.1) is 0 Å². The van der Waals surface area contributed by atoms with Gasteiger partial charge in [0.05, 0.1) is 7.11 Å². The molecule has 1 unspecified atom stereocenters. The van der Waals surface area contributed by atoms with Crippen LogP contribution >= 0.6 is 0 Å². The standard InChI is InChI=1S/C13H18N2O3/c1-17-11-5-2-4-10(8-11)15-13(16)18-12-6-3-7-14-9-12/h2,4-5,8,12,14H,3,6-7,9H2,1H3,(H,15,16). The van der Waals surface area contributed by atoms with Crippen molar-refractivity contribution in [3.05, 3.63) is 24.3 Å². The number of carbonyl (C=O) groups is 1. The summed E-state index contributed by atoms with van der Waals surface area (Å²) >= 11 is 0. The molecule has 1 aromatic rings. The number of hydrogen-bond acceptors (Lipinski definition) is 4. The SMILES string of the molecule is COc1cccc(NC(=O)OC2CCCNC2)c1. The number of anilines is 1. The maximum Gasteiger partial charge on any atom is 0.411 e. The Balaban J connectivity index is 1.85. The van der Waals surface area contributed by atoms with Gasteiger partial charge in [-0.2, -0.15) is 0 Å². The highest BCUT2D eigenvalue weighted by molar-refractivity contribution is 5.84. The van der Waals surface area contributed by atoms with Gasteiger partial charge in [0.2, 0.25) is 0 Å². The fourth-order valence-corrected chi connectivity index (χ4v) is 1.92. The molecule has 2 N–H and O–H groups in total. The largest absolute Gasteiger partial charge is 0.497 e. The van der Waals surface area contributed by atoms with Crippen molar-refractivity contribution in [2.45, 2.75) is 18.9 Å². The average molecular weight is 250 g/mol. The Labute approximate surface area is 106 Å². The molecule has 1 heterocycles. The van der Waals surface area contributed by atoms with Crippen LogP contribution in [-0.4, -0.2) is 32.4 Å². The van der Waals surface area contributed by atoms with Crippen molar-refractivity contribution in [2.24, 2.45) is 0 Å². The number of hydrogen-bond donors (Lipinski definition) is 2. The lowest BCUT2D eigenvalue weighted by atomic mass is 10.1. The molecule has 0 aromatic heterocycles. The number of nitrogens with one attached hydrogen (secondary N) is 2. The Hall–Kier alpha value is -1.75. The Morgan fingerprint density at radius 2 is 2.39 bits per heavy atom. The highest BCUT2D eigenvalue weighted by Crippen LogP contribution is 2.17. The van der Waals surface area contributed by atoms with Crippen LogP contribution < -0.4 is 15.4 Å². The zero-order valence-electron chi connectivity index (χ0n) is 10.4. The van der Waals surface area contributed by atoms with E-state index in [2.05, 4.69) is 10.6 Å². The molecule has 1 amide bonds. The van der Waals surface area contributed by atoms with Crippen molar-refractivity contribution >= 4 is 11.8 Å². The molecule has 18 heavy (non-hydrogen) atoms. The highest BCUT2D eigenvalue weighted by atomic mass is 16.6. The normalized spacial score (nSPS) is 19.1. The minimum Gasteiger partial charge on any atom is -0.497 e. The smallest absolute Gasteiger partial charge is 0.411 e. The summed E-state index contributed by atoms with van der Waals surface area (Å²) < 4.78 is 10.4. The summed E-state index contributed by atoms with van der Waals surface area (Å²) in [4.78, 5) is 11.7. The first-order valence-electron chi connectivity index (χ1n) is 6.10. The molecule has 98 valence electrons. The predicted octanol–water partition coefficient (Wildman–Crippen LogP) is 2.00. The quantitative estimate of drug-likeness (QED) is 0.861. The van der Waals surface area contributed by atoms with Gasteiger partial charge in [-0.05, 0) is 31.5 Å². The van der Waals surface area contributed by atoms with Crippen LogP contribution in [0.1, 0.15) is 12.8 Å². The maximum atomic E-state index is 11.7. The topological polar surface area (TPSA) is 59.6 Å². The fourth-order valence-electron chi connectivity index (χ4n) is 1.92. The van der Waals surface area contributed by atoms with E-state index >= 15 is 0 Å². The molecule has 0 bridgehead atoms. The first kappa shape index (κ1) is 12.7. The number of piperidine rings is 1. The van der Waals surface area contributed by atoms with E-state index in [1.807, 2.05) is 12.1 Å². The lowest BCUT2D eigenvalue weighted by Crippen LogP contribution is -2.37. The Kier molecular flexibility index (Phi) is 4.41. The van der Waals surface area contributed by atoms with Crippen LogP contribution in [0.4, 0.5) is 10.5 Å². The van der Waals surface area contributed by atoms with Crippen molar-refractivity contribution in [3.8, 4) is 5.75 Å². The zero-order chi connectivity index (χ0) is 12.8. The van der Waals surface area contributed by atoms with Gasteiger partial charge >= 0.3 is 6.09 Å². The number of methoxy groups -OCH3 is 1. The number of amides is 1. The van der Waals surface area contributed by atoms with Gasteiger partial charge in [-0.3, -0.25) is 5.32 Å². The molecule has 1 saturated heterocycles. The molecule has 0 saturated carbocycles. The van der Waals surface area contributed by atoms with E-state index in [0.717, 1.165) is 25.9 Å². The Morgan fingerprint density at radius 3 is 3.11 bits per heavy atom. The van der Waals surface area contributed by atoms with Gasteiger partial charge < -0.3 is 14.8 Å². The van der Waals surface area contributed by atoms with E-state index in [1.165, 1.54) is 0 Å². The van der Waals surface area contributed by atoms with Crippen LogP contribution in [0.5, 0.6) is 5.75 Å². The van der Waals surface area contributed by atoms with E-state index in [9.17, 15) is 4.79 Å². The van der Waals surface area contributed by atoms with Gasteiger partial charge in [-0.1, -0.05) is 6.07 Å². The lowest BCUT2D eigenvalue weighted by Gasteiger charge is -2.22. The van der Waals surface area contributed by atoms with Crippen molar-refractivity contribution in [2.75, 3.05) is 25.5 Å². The second-order valence-corrected chi connectivity index (χ2v) is 4.23. The lowest BCUT2D eigenvalue weighted by molar-refractivity contribution is 0.0941. The van der Waals surface area contributed by atoms with E-state index in [1.54, 1.807) is 19.2 Å². The van der Waals surface area contributed by atoms with E-state index in [-0.39, 0.29) is 6.10 Å². The minimum atomic E-state index is -0.419. The minimum absolute atomic E-state index is 0.0376. The summed E-state index contributed by atoms with van der Waals surface area (Å²) in [6.07, 6.45) is 1.50. The molecule has 0 radical (unpaired) electrons. The summed E-state index contributed by atoms with van der Waals surface area (Å²) in [6, 6.07) is 7.18. The van der Waals surface area contributed by atoms with Crippen molar-refractivity contribution < 1.29 is 14.3 Å². The van der Waals surface area contributed by atoms with Crippen LogP contribution in [0.3, 0.4) is 0 Å². The summed E-state index contributed by atoms with van der Waals surface area (Å²) in [6.45, 7) is 1.73. The van der Waals surface area contributed by atoms with E-state index < -0.39 is 6.09 Å². The molecule has 5 nitrogen and oxygen atoms in total. The molecule has 0 aliphatic carbocycles. The van der Waals surface area contributed by atoms with Gasteiger partial charge in [0.1, 0.15) is 11.9 Å². The number of ether oxygens (including phenoxy) is 2. The van der Waals surface area contributed by atoms with Crippen LogP contribution in [0.25, 0.3) is 0 Å². The fraction of sp³-hybridized carbons (Fsp3) is 0.462. The Bertz CT molecular complexity index is 403. The van der Waals surface area contributed by atoms with Gasteiger partial charge in [-0.25, -0.2) is 4.79 Å². The third-order valence-electron chi connectivity index (χ3n) is 2.84. The predicted molar refractivity (Wildman–Crippen MR) is 69.0 cm³/mol. The van der Waals surface area contributed by atoms with Crippen LogP contribution in [0, 0.1) is 0 Å². The molecule has 1 aliphatic heterocycles. The van der Waals surface area contributed by atoms with Crippen molar-refractivity contribution in [1.29, 1.82) is 0 Å². The summed E-state index contributed by atoms with van der Waals surface area (Å²) in [7, 11) is 1.59. The second kappa shape index (κ2) is 6.26. The zero-order valence-corrected chi connectivity index (χ0v) is 10.4. The maximum absolute atomic E-state index is 11.7. The third-order valence-corrected chi connectivity index (χ3v) is 2.84. The highest BCUT2D eigenvalue weighted by Gasteiger charge is 2.17. The van der Waals surface area contributed by atoms with Crippen LogP contribution in [0.15, 0.2) is 24.3 Å². The van der Waals surface area contributed by atoms with Gasteiger partial charge in [0.15, 0.2) is 0 Å². The number of rotatable bonds is 3. The molecule has 2 rings (SSSR count). The Morgan fingerprint density at radius 1 is 1.50 bits per heavy atom. The van der Waals surface area contributed by atoms with Crippen LogP contribution in [-0.2, 0) is 4.74 Å². The number of benzene rings is 1. The summed E-state index contributed by atoms with van der Waals surface area (Å²) in [5.74, 6) is 0.701. The first-order valence-corrected chi connectivity index (χ1v) is 6.10. The van der Waals surface area contributed by atoms with Crippen molar-refractivity contribution in [3.63, 3.8) is 0 Å². The molecule has 1 aromatic carbocycles. The first-order chi connectivity index (χ1) is 8.78. The second-order valence-electron chi connectivity index (χ2n) is 4.23. The van der Waals surface area contributed by atoms with Crippen molar-refractivity contribution in [1.82, 2.24) is 5.32 Å². The van der Waals surface area contributed by atoms with Gasteiger partial charge in [0, 0.05) is 18.3 Å². The molecule has 5 heteroatoms. The summed E-state index contributed by atoms with van der Waals surface area (Å²) in [5, 5.41) is 5.89.